The van der Waals surface area contributed by atoms with Gasteiger partial charge in [-0.05, 0) is 35.9 Å². The van der Waals surface area contributed by atoms with Crippen LogP contribution >= 0.6 is 0 Å². The van der Waals surface area contributed by atoms with E-state index in [1.54, 1.807) is 6.08 Å². The molecule has 3 aromatic rings. The number of aromatic amines is 1. The molecule has 0 saturated heterocycles. The number of nitrogens with one attached hydrogen (secondary N) is 1. The van der Waals surface area contributed by atoms with E-state index in [2.05, 4.69) is 16.5 Å². The minimum absolute atomic E-state index is 0.179. The number of aromatic nitrogens is 2. The Morgan fingerprint density at radius 1 is 1.20 bits per heavy atom. The van der Waals surface area contributed by atoms with Gasteiger partial charge >= 0.3 is 0 Å². The summed E-state index contributed by atoms with van der Waals surface area (Å²) in [5, 5.41) is 0. The Bertz CT molecular complexity index is 991. The van der Waals surface area contributed by atoms with Gasteiger partial charge in [0, 0.05) is 12.0 Å². The first-order valence-electron chi connectivity index (χ1n) is 7.97. The molecule has 1 N–H and O–H groups in total. The number of ether oxygens (including phenoxy) is 2. The molecule has 0 atom stereocenters. The fraction of sp³-hybridized carbons (Fsp3) is 0.100. The van der Waals surface area contributed by atoms with Crippen LogP contribution in [0.25, 0.3) is 11.4 Å². The number of hydrogen-bond donors (Lipinski definition) is 1. The van der Waals surface area contributed by atoms with Gasteiger partial charge in [-0.25, -0.2) is 0 Å². The van der Waals surface area contributed by atoms with Crippen LogP contribution in [-0.2, 0) is 6.42 Å². The van der Waals surface area contributed by atoms with Gasteiger partial charge in [0.2, 0.25) is 5.88 Å². The highest BCUT2D eigenvalue weighted by molar-refractivity contribution is 5.58. The van der Waals surface area contributed by atoms with Gasteiger partial charge in [0.1, 0.15) is 23.9 Å². The third-order valence-corrected chi connectivity index (χ3v) is 4.02. The molecule has 1 aliphatic heterocycles. The average molecular weight is 332 g/mol. The van der Waals surface area contributed by atoms with Crippen molar-refractivity contribution in [3.63, 3.8) is 0 Å². The maximum absolute atomic E-state index is 12.5. The van der Waals surface area contributed by atoms with Crippen molar-refractivity contribution in [1.82, 2.24) is 9.97 Å². The monoisotopic (exact) mass is 332 g/mol. The Kier molecular flexibility index (Phi) is 3.82. The zero-order valence-corrected chi connectivity index (χ0v) is 13.5. The highest BCUT2D eigenvalue weighted by Gasteiger charge is 2.22. The van der Waals surface area contributed by atoms with Crippen LogP contribution in [0.5, 0.6) is 17.4 Å². The summed E-state index contributed by atoms with van der Waals surface area (Å²) in [5.74, 6) is 2.31. The Morgan fingerprint density at radius 3 is 2.80 bits per heavy atom. The molecule has 1 aromatic heterocycles. The van der Waals surface area contributed by atoms with Crippen molar-refractivity contribution >= 4 is 0 Å². The van der Waals surface area contributed by atoms with E-state index in [1.807, 2.05) is 48.5 Å². The topological polar surface area (TPSA) is 64.2 Å². The standard InChI is InChI=1S/C20H16N2O3/c1-2-11-24-15-9-7-13(8-10-15)18-21-19(23)16-12-14-5-3-4-6-17(14)25-20(16)22-18/h2-10H,1,11-12H2,(H,21,22,23). The molecule has 5 heteroatoms. The van der Waals surface area contributed by atoms with E-state index in [0.29, 0.717) is 30.3 Å². The fourth-order valence-electron chi connectivity index (χ4n) is 2.76. The van der Waals surface area contributed by atoms with Crippen LogP contribution in [0.15, 0.2) is 66.0 Å². The number of nitrogens with zero attached hydrogens (tertiary/aromatic N) is 1. The summed E-state index contributed by atoms with van der Waals surface area (Å²) in [6.45, 7) is 4.06. The van der Waals surface area contributed by atoms with Crippen LogP contribution < -0.4 is 15.0 Å². The molecule has 25 heavy (non-hydrogen) atoms. The smallest absolute Gasteiger partial charge is 0.258 e. The van der Waals surface area contributed by atoms with E-state index >= 15 is 0 Å². The second-order valence-corrected chi connectivity index (χ2v) is 5.71. The third-order valence-electron chi connectivity index (χ3n) is 4.02. The van der Waals surface area contributed by atoms with Crippen LogP contribution in [-0.4, -0.2) is 16.6 Å². The van der Waals surface area contributed by atoms with Crippen LogP contribution in [0.1, 0.15) is 11.1 Å². The lowest BCUT2D eigenvalue weighted by Crippen LogP contribution is -2.20. The third kappa shape index (κ3) is 2.92. The van der Waals surface area contributed by atoms with Crippen molar-refractivity contribution in [1.29, 1.82) is 0 Å². The average Bonchev–Trinajstić information content (AvgIpc) is 2.65. The summed E-state index contributed by atoms with van der Waals surface area (Å²) in [7, 11) is 0. The van der Waals surface area contributed by atoms with Crippen LogP contribution in [0.2, 0.25) is 0 Å². The first kappa shape index (κ1) is 15.2. The first-order chi connectivity index (χ1) is 12.2. The summed E-state index contributed by atoms with van der Waals surface area (Å²) >= 11 is 0. The van der Waals surface area contributed by atoms with Gasteiger partial charge in [-0.2, -0.15) is 4.98 Å². The molecule has 0 unspecified atom stereocenters. The molecule has 2 aromatic carbocycles. The number of fused-ring (bicyclic) bond motifs is 2. The lowest BCUT2D eigenvalue weighted by Gasteiger charge is -2.18. The van der Waals surface area contributed by atoms with Crippen molar-refractivity contribution in [2.45, 2.75) is 6.42 Å². The Balaban J connectivity index is 1.68. The van der Waals surface area contributed by atoms with Crippen molar-refractivity contribution in [3.8, 4) is 28.8 Å². The summed E-state index contributed by atoms with van der Waals surface area (Å²) in [5.41, 5.74) is 2.14. The SMILES string of the molecule is C=CCOc1ccc(-c2nc3c(c(=O)[nH]2)Cc2ccccc2O3)cc1. The second-order valence-electron chi connectivity index (χ2n) is 5.71. The van der Waals surface area contributed by atoms with E-state index in [-0.39, 0.29) is 5.56 Å². The number of para-hydroxylation sites is 1. The van der Waals surface area contributed by atoms with E-state index in [9.17, 15) is 4.79 Å². The van der Waals surface area contributed by atoms with Crippen LogP contribution in [0.3, 0.4) is 0 Å². The lowest BCUT2D eigenvalue weighted by molar-refractivity contribution is 0.363. The molecule has 0 aliphatic carbocycles. The molecule has 0 fully saturated rings. The number of rotatable bonds is 4. The maximum atomic E-state index is 12.5. The highest BCUT2D eigenvalue weighted by Crippen LogP contribution is 2.34. The minimum Gasteiger partial charge on any atom is -0.490 e. The van der Waals surface area contributed by atoms with E-state index in [1.165, 1.54) is 0 Å². The zero-order chi connectivity index (χ0) is 17.2. The summed E-state index contributed by atoms with van der Waals surface area (Å²) in [6, 6.07) is 15.0. The Hall–Kier alpha value is -3.34. The first-order valence-corrected chi connectivity index (χ1v) is 7.97. The van der Waals surface area contributed by atoms with Gasteiger partial charge < -0.3 is 14.5 Å². The summed E-state index contributed by atoms with van der Waals surface area (Å²) < 4.78 is 11.3. The van der Waals surface area contributed by atoms with Crippen molar-refractivity contribution in [3.05, 3.63) is 82.7 Å². The second kappa shape index (κ2) is 6.28. The number of hydrogen-bond acceptors (Lipinski definition) is 4. The van der Waals surface area contributed by atoms with Crippen molar-refractivity contribution in [2.24, 2.45) is 0 Å². The quantitative estimate of drug-likeness (QED) is 0.579. The van der Waals surface area contributed by atoms with Gasteiger partial charge in [0.25, 0.3) is 5.56 Å². The molecule has 4 rings (SSSR count). The van der Waals surface area contributed by atoms with E-state index in [4.69, 9.17) is 9.47 Å². The van der Waals surface area contributed by atoms with Gasteiger partial charge in [-0.1, -0.05) is 30.9 Å². The highest BCUT2D eigenvalue weighted by atomic mass is 16.5. The molecule has 5 nitrogen and oxygen atoms in total. The molecule has 0 spiro atoms. The molecule has 0 saturated carbocycles. The molecule has 0 amide bonds. The molecular weight excluding hydrogens is 316 g/mol. The summed E-state index contributed by atoms with van der Waals surface area (Å²) in [6.07, 6.45) is 2.20. The molecular formula is C20H16N2O3. The molecule has 0 radical (unpaired) electrons. The predicted octanol–water partition coefficient (Wildman–Crippen LogP) is 3.70. The molecule has 124 valence electrons. The van der Waals surface area contributed by atoms with Gasteiger partial charge in [0.05, 0.1) is 5.56 Å². The van der Waals surface area contributed by atoms with Gasteiger partial charge in [0.15, 0.2) is 0 Å². The van der Waals surface area contributed by atoms with Crippen molar-refractivity contribution in [2.75, 3.05) is 6.61 Å². The van der Waals surface area contributed by atoms with Crippen LogP contribution in [0, 0.1) is 0 Å². The fourth-order valence-corrected chi connectivity index (χ4v) is 2.76. The Morgan fingerprint density at radius 2 is 2.00 bits per heavy atom. The lowest BCUT2D eigenvalue weighted by atomic mass is 10.0. The zero-order valence-electron chi connectivity index (χ0n) is 13.5. The maximum Gasteiger partial charge on any atom is 0.258 e. The summed E-state index contributed by atoms with van der Waals surface area (Å²) in [4.78, 5) is 19.8. The van der Waals surface area contributed by atoms with Crippen molar-refractivity contribution < 1.29 is 9.47 Å². The number of H-pyrrole nitrogens is 1. The molecule has 2 heterocycles. The molecule has 1 aliphatic rings. The van der Waals surface area contributed by atoms with E-state index in [0.717, 1.165) is 22.6 Å². The number of benzene rings is 2. The van der Waals surface area contributed by atoms with Gasteiger partial charge in [-0.3, -0.25) is 4.79 Å². The Labute approximate surface area is 144 Å². The normalized spacial score (nSPS) is 11.8. The van der Waals surface area contributed by atoms with Crippen LogP contribution in [0.4, 0.5) is 0 Å². The molecule has 0 bridgehead atoms. The minimum atomic E-state index is -0.179. The largest absolute Gasteiger partial charge is 0.490 e. The van der Waals surface area contributed by atoms with E-state index < -0.39 is 0 Å². The predicted molar refractivity (Wildman–Crippen MR) is 95.3 cm³/mol. The van der Waals surface area contributed by atoms with Gasteiger partial charge in [-0.15, -0.1) is 0 Å².